The van der Waals surface area contributed by atoms with Gasteiger partial charge in [0, 0.05) is 10.8 Å². The number of hydrogen-bond donors (Lipinski definition) is 1. The Balaban J connectivity index is 0. The first-order valence-electron chi connectivity index (χ1n) is 7.81. The predicted octanol–water partition coefficient (Wildman–Crippen LogP) is 6.38. The maximum absolute atomic E-state index is 11.5. The van der Waals surface area contributed by atoms with E-state index in [1.54, 1.807) is 6.92 Å². The second-order valence-corrected chi connectivity index (χ2v) is 7.44. The fourth-order valence-electron chi connectivity index (χ4n) is 1.77. The highest BCUT2D eigenvalue weighted by molar-refractivity contribution is 7.80. The van der Waals surface area contributed by atoms with Gasteiger partial charge in [0.15, 0.2) is 0 Å². The molecule has 1 aromatic carbocycles. The Labute approximate surface area is 138 Å². The molecule has 1 rings (SSSR count). The summed E-state index contributed by atoms with van der Waals surface area (Å²) in [7, 11) is 0. The van der Waals surface area contributed by atoms with E-state index in [9.17, 15) is 4.79 Å². The first-order chi connectivity index (χ1) is 9.52. The lowest BCUT2D eigenvalue weighted by atomic mass is 9.86. The highest BCUT2D eigenvalue weighted by atomic mass is 32.1. The fourth-order valence-corrected chi connectivity index (χ4v) is 1.92. The van der Waals surface area contributed by atoms with E-state index < -0.39 is 0 Å². The lowest BCUT2D eigenvalue weighted by molar-refractivity contribution is -0.119. The van der Waals surface area contributed by atoms with E-state index in [2.05, 4.69) is 54.2 Å². The SMILES string of the molecule is CC.CC(=O)C(c1ccc(S)cc1)C(C)C.CC(C)(C)C. The summed E-state index contributed by atoms with van der Waals surface area (Å²) < 4.78 is 0. The summed E-state index contributed by atoms with van der Waals surface area (Å²) >= 11 is 4.22. The number of benzene rings is 1. The molecule has 1 aromatic rings. The topological polar surface area (TPSA) is 17.1 Å². The lowest BCUT2D eigenvalue weighted by Crippen LogP contribution is -2.15. The minimum absolute atomic E-state index is 0.0175. The quantitative estimate of drug-likeness (QED) is 0.641. The van der Waals surface area contributed by atoms with E-state index in [0.717, 1.165) is 10.5 Å². The number of Topliss-reactive ketones (excluding diaryl/α,β-unsaturated/α-hetero) is 1. The number of carbonyl (C=O) groups is 1. The smallest absolute Gasteiger partial charge is 0.137 e. The first-order valence-corrected chi connectivity index (χ1v) is 8.26. The van der Waals surface area contributed by atoms with Crippen LogP contribution in [0.3, 0.4) is 0 Å². The standard InChI is InChI=1S/C12H16OS.C5H12.C2H6/c1-8(2)12(9(3)13)10-4-6-11(14)7-5-10;1-5(2,3)4;1-2/h4-8,12,14H,1-3H3;1-4H3;1-2H3. The third-order valence-electron chi connectivity index (χ3n) is 2.36. The van der Waals surface area contributed by atoms with Crippen LogP contribution >= 0.6 is 12.6 Å². The highest BCUT2D eigenvalue weighted by Gasteiger charge is 2.19. The minimum atomic E-state index is 0.0175. The van der Waals surface area contributed by atoms with Gasteiger partial charge in [-0.05, 0) is 36.0 Å². The summed E-state index contributed by atoms with van der Waals surface area (Å²) in [5.41, 5.74) is 1.59. The van der Waals surface area contributed by atoms with Crippen molar-refractivity contribution in [3.05, 3.63) is 29.8 Å². The van der Waals surface area contributed by atoms with Crippen LogP contribution in [0.4, 0.5) is 0 Å². The number of thiol groups is 1. The van der Waals surface area contributed by atoms with E-state index in [1.165, 1.54) is 0 Å². The molecule has 0 N–H and O–H groups in total. The van der Waals surface area contributed by atoms with Crippen LogP contribution in [0, 0.1) is 11.3 Å². The van der Waals surface area contributed by atoms with Crippen molar-refractivity contribution < 1.29 is 4.79 Å². The van der Waals surface area contributed by atoms with Crippen molar-refractivity contribution in [2.24, 2.45) is 11.3 Å². The van der Waals surface area contributed by atoms with Gasteiger partial charge in [0.2, 0.25) is 0 Å². The predicted molar refractivity (Wildman–Crippen MR) is 98.4 cm³/mol. The average Bonchev–Trinajstić information content (AvgIpc) is 2.31. The van der Waals surface area contributed by atoms with Crippen molar-refractivity contribution >= 4 is 18.4 Å². The summed E-state index contributed by atoms with van der Waals surface area (Å²) in [6.45, 7) is 18.5. The van der Waals surface area contributed by atoms with Crippen LogP contribution in [-0.2, 0) is 4.79 Å². The van der Waals surface area contributed by atoms with Gasteiger partial charge in [-0.3, -0.25) is 4.79 Å². The Hall–Kier alpha value is -0.760. The molecule has 0 aliphatic rings. The normalized spacial score (nSPS) is 11.8. The molecule has 0 spiro atoms. The van der Waals surface area contributed by atoms with Crippen LogP contribution in [0.2, 0.25) is 0 Å². The number of rotatable bonds is 3. The molecule has 21 heavy (non-hydrogen) atoms. The molecule has 1 nitrogen and oxygen atoms in total. The van der Waals surface area contributed by atoms with E-state index >= 15 is 0 Å². The van der Waals surface area contributed by atoms with Gasteiger partial charge in [0.1, 0.15) is 5.78 Å². The Bertz CT molecular complexity index is 379. The van der Waals surface area contributed by atoms with Gasteiger partial charge in [0.25, 0.3) is 0 Å². The van der Waals surface area contributed by atoms with Gasteiger partial charge in [-0.1, -0.05) is 67.5 Å². The van der Waals surface area contributed by atoms with Crippen LogP contribution in [0.5, 0.6) is 0 Å². The second kappa shape index (κ2) is 10.9. The van der Waals surface area contributed by atoms with Crippen molar-refractivity contribution in [2.45, 2.75) is 73.1 Å². The molecule has 0 heterocycles. The maximum Gasteiger partial charge on any atom is 0.137 e. The summed E-state index contributed by atoms with van der Waals surface area (Å²) in [4.78, 5) is 12.4. The molecule has 1 atom stereocenters. The van der Waals surface area contributed by atoms with Crippen LogP contribution in [-0.4, -0.2) is 5.78 Å². The number of ketones is 1. The van der Waals surface area contributed by atoms with Crippen LogP contribution in [0.1, 0.15) is 73.8 Å². The second-order valence-electron chi connectivity index (χ2n) is 6.92. The summed E-state index contributed by atoms with van der Waals surface area (Å²) in [6.07, 6.45) is 0. The molecule has 0 aliphatic carbocycles. The number of carbonyl (C=O) groups excluding carboxylic acids is 1. The van der Waals surface area contributed by atoms with E-state index in [0.29, 0.717) is 11.3 Å². The fraction of sp³-hybridized carbons (Fsp3) is 0.632. The molecule has 1 unspecified atom stereocenters. The maximum atomic E-state index is 11.5. The third-order valence-corrected chi connectivity index (χ3v) is 2.65. The zero-order valence-electron chi connectivity index (χ0n) is 15.3. The Kier molecular flexibility index (Phi) is 11.7. The zero-order chi connectivity index (χ0) is 17.2. The monoisotopic (exact) mass is 310 g/mol. The molecular weight excluding hydrogens is 276 g/mol. The number of hydrogen-bond acceptors (Lipinski definition) is 2. The van der Waals surface area contributed by atoms with Crippen molar-refractivity contribution in [3.8, 4) is 0 Å². The van der Waals surface area contributed by atoms with E-state index in [1.807, 2.05) is 38.1 Å². The largest absolute Gasteiger partial charge is 0.299 e. The van der Waals surface area contributed by atoms with Gasteiger partial charge in [0.05, 0.1) is 0 Å². The van der Waals surface area contributed by atoms with E-state index in [4.69, 9.17) is 0 Å². The molecular formula is C19H34OS. The molecule has 122 valence electrons. The molecule has 0 fully saturated rings. The molecule has 2 heteroatoms. The van der Waals surface area contributed by atoms with Crippen molar-refractivity contribution in [1.82, 2.24) is 0 Å². The average molecular weight is 311 g/mol. The Morgan fingerprint density at radius 3 is 1.57 bits per heavy atom. The Morgan fingerprint density at radius 2 is 1.33 bits per heavy atom. The first kappa shape index (κ1) is 22.5. The third kappa shape index (κ3) is 12.7. The molecule has 0 bridgehead atoms. The van der Waals surface area contributed by atoms with Gasteiger partial charge in [-0.15, -0.1) is 12.6 Å². The van der Waals surface area contributed by atoms with Gasteiger partial charge in [-0.2, -0.15) is 0 Å². The summed E-state index contributed by atoms with van der Waals surface area (Å²) in [5, 5.41) is 0. The molecule has 0 radical (unpaired) electrons. The molecule has 0 saturated carbocycles. The Morgan fingerprint density at radius 1 is 1.00 bits per heavy atom. The molecule has 0 aromatic heterocycles. The molecule has 0 amide bonds. The molecule has 0 aliphatic heterocycles. The van der Waals surface area contributed by atoms with Crippen LogP contribution in [0.15, 0.2) is 29.2 Å². The van der Waals surface area contributed by atoms with E-state index in [-0.39, 0.29) is 11.7 Å². The van der Waals surface area contributed by atoms with Crippen molar-refractivity contribution in [2.75, 3.05) is 0 Å². The molecule has 0 saturated heterocycles. The zero-order valence-corrected chi connectivity index (χ0v) is 16.2. The van der Waals surface area contributed by atoms with Gasteiger partial charge >= 0.3 is 0 Å². The summed E-state index contributed by atoms with van der Waals surface area (Å²) in [6, 6.07) is 7.82. The van der Waals surface area contributed by atoms with Gasteiger partial charge in [-0.25, -0.2) is 0 Å². The van der Waals surface area contributed by atoms with Crippen LogP contribution < -0.4 is 0 Å². The van der Waals surface area contributed by atoms with Crippen LogP contribution in [0.25, 0.3) is 0 Å². The van der Waals surface area contributed by atoms with Crippen molar-refractivity contribution in [1.29, 1.82) is 0 Å². The highest BCUT2D eigenvalue weighted by Crippen LogP contribution is 2.26. The summed E-state index contributed by atoms with van der Waals surface area (Å²) in [5.74, 6) is 0.592. The van der Waals surface area contributed by atoms with Gasteiger partial charge < -0.3 is 0 Å². The minimum Gasteiger partial charge on any atom is -0.299 e. The van der Waals surface area contributed by atoms with Crippen molar-refractivity contribution in [3.63, 3.8) is 0 Å². The lowest BCUT2D eigenvalue weighted by Gasteiger charge is -2.18.